The number of fused-ring (bicyclic) bond motifs is 3. The van der Waals surface area contributed by atoms with Crippen LogP contribution in [0.15, 0.2) is 54.6 Å². The van der Waals surface area contributed by atoms with E-state index < -0.39 is 34.6 Å². The highest BCUT2D eigenvalue weighted by atomic mass is 35.5. The monoisotopic (exact) mass is 590 g/mol. The average Bonchev–Trinajstić information content (AvgIpc) is 3.50. The fraction of sp³-hybridized carbons (Fsp3) is 0.344. The Labute approximate surface area is 248 Å². The van der Waals surface area contributed by atoms with E-state index in [9.17, 15) is 9.59 Å². The molecule has 2 unspecified atom stereocenters. The van der Waals surface area contributed by atoms with Gasteiger partial charge in [0.05, 0.1) is 22.7 Å². The van der Waals surface area contributed by atoms with Gasteiger partial charge in [0, 0.05) is 27.9 Å². The number of hydrogen-bond acceptors (Lipinski definition) is 4. The molecule has 0 radical (unpaired) electrons. The first-order chi connectivity index (χ1) is 19.4. The molecule has 2 aliphatic heterocycles. The number of amides is 2. The Morgan fingerprint density at radius 1 is 1.10 bits per heavy atom. The van der Waals surface area contributed by atoms with Gasteiger partial charge in [-0.3, -0.25) is 14.9 Å². The third kappa shape index (κ3) is 3.85. The molecule has 3 aromatic carbocycles. The molecule has 2 amide bonds. The van der Waals surface area contributed by atoms with Gasteiger partial charge in [0.1, 0.15) is 11.2 Å². The van der Waals surface area contributed by atoms with Crippen LogP contribution in [0.2, 0.25) is 10.0 Å². The summed E-state index contributed by atoms with van der Waals surface area (Å²) in [6.07, 6.45) is 0.615. The summed E-state index contributed by atoms with van der Waals surface area (Å²) < 4.78 is 16.0. The van der Waals surface area contributed by atoms with E-state index in [1.807, 2.05) is 13.0 Å². The molecule has 3 aliphatic rings. The zero-order valence-electron chi connectivity index (χ0n) is 23.0. The molecule has 6 nitrogen and oxygen atoms in total. The molecule has 9 heteroatoms. The van der Waals surface area contributed by atoms with Gasteiger partial charge in [-0.2, -0.15) is 5.26 Å². The highest BCUT2D eigenvalue weighted by Crippen LogP contribution is 2.72. The molecule has 1 saturated carbocycles. The van der Waals surface area contributed by atoms with Crippen LogP contribution in [0.1, 0.15) is 55.4 Å². The maximum Gasteiger partial charge on any atom is 0.242 e. The molecule has 3 aromatic rings. The van der Waals surface area contributed by atoms with Crippen molar-refractivity contribution in [1.82, 2.24) is 5.32 Å². The molecule has 5 atom stereocenters. The van der Waals surface area contributed by atoms with Crippen molar-refractivity contribution in [2.75, 3.05) is 10.6 Å². The molecular formula is C32H29Cl2FN4O2. The molecular weight excluding hydrogens is 562 g/mol. The van der Waals surface area contributed by atoms with Crippen molar-refractivity contribution in [1.29, 1.82) is 5.26 Å². The maximum absolute atomic E-state index is 16.0. The van der Waals surface area contributed by atoms with Gasteiger partial charge in [-0.25, -0.2) is 4.39 Å². The minimum atomic E-state index is -1.33. The Morgan fingerprint density at radius 3 is 2.44 bits per heavy atom. The summed E-state index contributed by atoms with van der Waals surface area (Å²) in [5, 5.41) is 19.2. The third-order valence-corrected chi connectivity index (χ3v) is 9.93. The number of anilines is 2. The number of nitrogens with zero attached hydrogens (tertiary/aromatic N) is 1. The minimum absolute atomic E-state index is 0.000131. The van der Waals surface area contributed by atoms with Gasteiger partial charge in [0.15, 0.2) is 0 Å². The number of nitriles is 1. The van der Waals surface area contributed by atoms with Crippen molar-refractivity contribution in [3.05, 3.63) is 92.7 Å². The molecule has 210 valence electrons. The van der Waals surface area contributed by atoms with Gasteiger partial charge in [-0.1, -0.05) is 62.2 Å². The minimum Gasteiger partial charge on any atom is -0.325 e. The number of benzene rings is 3. The molecule has 2 spiro atoms. The second-order valence-electron chi connectivity index (χ2n) is 12.4. The SMILES string of the molecule is Cc1c(Cl)ccc2c1NC(=O)[C@]21[C@@H](c2cccc(Cl)c2F)[C@H](C(=O)Nc2ccc(C#N)cc2)NC12CC2C(C)(C)C. The van der Waals surface area contributed by atoms with Gasteiger partial charge < -0.3 is 10.6 Å². The predicted molar refractivity (Wildman–Crippen MR) is 158 cm³/mol. The maximum atomic E-state index is 16.0. The molecule has 3 N–H and O–H groups in total. The Bertz CT molecular complexity index is 1660. The number of halogens is 3. The summed E-state index contributed by atoms with van der Waals surface area (Å²) >= 11 is 12.8. The van der Waals surface area contributed by atoms with Crippen LogP contribution < -0.4 is 16.0 Å². The standard InChI is InChI=1S/C32H29Cl2FN4O2/c1-16-21(33)13-12-20-26(16)38-29(41)32(20)24(19-6-5-7-22(34)25(19)35)27(39-31(32)14-23(31)30(2,3)4)28(40)37-18-10-8-17(15-36)9-11-18/h5-13,23-24,27,39H,14H2,1-4H3,(H,37,40)(H,38,41)/t23?,24-,27+,31?,32+/m0/s1. The van der Waals surface area contributed by atoms with Crippen LogP contribution in [-0.2, 0) is 15.0 Å². The normalized spacial score (nSPS) is 28.0. The first-order valence-corrected chi connectivity index (χ1v) is 14.3. The van der Waals surface area contributed by atoms with Gasteiger partial charge in [0.2, 0.25) is 11.8 Å². The summed E-state index contributed by atoms with van der Waals surface area (Å²) in [4.78, 5) is 28.7. The van der Waals surface area contributed by atoms with Gasteiger partial charge in [-0.05, 0) is 77.8 Å². The number of carbonyl (C=O) groups excluding carboxylic acids is 2. The Hall–Kier alpha value is -3.44. The van der Waals surface area contributed by atoms with Crippen molar-refractivity contribution in [2.45, 2.75) is 57.0 Å². The molecule has 2 fully saturated rings. The number of rotatable bonds is 3. The first-order valence-electron chi connectivity index (χ1n) is 13.5. The van der Waals surface area contributed by atoms with Gasteiger partial charge >= 0.3 is 0 Å². The van der Waals surface area contributed by atoms with Crippen molar-refractivity contribution in [2.24, 2.45) is 11.3 Å². The van der Waals surface area contributed by atoms with E-state index in [0.29, 0.717) is 39.5 Å². The van der Waals surface area contributed by atoms with E-state index in [4.69, 9.17) is 28.5 Å². The summed E-state index contributed by atoms with van der Waals surface area (Å²) in [6.45, 7) is 8.18. The van der Waals surface area contributed by atoms with Crippen molar-refractivity contribution in [3.63, 3.8) is 0 Å². The van der Waals surface area contributed by atoms with Crippen LogP contribution in [0.4, 0.5) is 15.8 Å². The van der Waals surface area contributed by atoms with Gasteiger partial charge in [-0.15, -0.1) is 0 Å². The molecule has 0 aromatic heterocycles. The lowest BCUT2D eigenvalue weighted by atomic mass is 9.61. The zero-order valence-corrected chi connectivity index (χ0v) is 24.5. The third-order valence-electron chi connectivity index (χ3n) is 9.22. The lowest BCUT2D eigenvalue weighted by Crippen LogP contribution is -2.52. The summed E-state index contributed by atoms with van der Waals surface area (Å²) in [5.74, 6) is -2.31. The van der Waals surface area contributed by atoms with E-state index in [1.165, 1.54) is 6.07 Å². The summed E-state index contributed by atoms with van der Waals surface area (Å²) in [6, 6.07) is 15.9. The summed E-state index contributed by atoms with van der Waals surface area (Å²) in [5.41, 5.74) is 0.758. The fourth-order valence-electron chi connectivity index (χ4n) is 7.41. The Morgan fingerprint density at radius 2 is 1.80 bits per heavy atom. The van der Waals surface area contributed by atoms with Crippen LogP contribution in [0, 0.1) is 35.4 Å². The van der Waals surface area contributed by atoms with Crippen molar-refractivity contribution < 1.29 is 14.0 Å². The number of carbonyl (C=O) groups is 2. The highest BCUT2D eigenvalue weighted by molar-refractivity contribution is 6.32. The summed E-state index contributed by atoms with van der Waals surface area (Å²) in [7, 11) is 0. The molecule has 0 bridgehead atoms. The van der Waals surface area contributed by atoms with Crippen molar-refractivity contribution >= 4 is 46.4 Å². The van der Waals surface area contributed by atoms with Crippen LogP contribution in [0.25, 0.3) is 0 Å². The largest absolute Gasteiger partial charge is 0.325 e. The fourth-order valence-corrected chi connectivity index (χ4v) is 7.75. The van der Waals surface area contributed by atoms with Crippen LogP contribution >= 0.6 is 23.2 Å². The van der Waals surface area contributed by atoms with E-state index in [1.54, 1.807) is 42.5 Å². The molecule has 1 aliphatic carbocycles. The van der Waals surface area contributed by atoms with Crippen LogP contribution in [0.5, 0.6) is 0 Å². The van der Waals surface area contributed by atoms with E-state index in [0.717, 1.165) is 0 Å². The van der Waals surface area contributed by atoms with E-state index in [-0.39, 0.29) is 27.8 Å². The topological polar surface area (TPSA) is 94.0 Å². The predicted octanol–water partition coefficient (Wildman–Crippen LogP) is 6.70. The van der Waals surface area contributed by atoms with E-state index >= 15 is 4.39 Å². The number of hydrogen-bond donors (Lipinski definition) is 3. The number of nitrogens with one attached hydrogen (secondary N) is 3. The molecule has 6 rings (SSSR count). The second kappa shape index (κ2) is 9.29. The van der Waals surface area contributed by atoms with Crippen LogP contribution in [-0.4, -0.2) is 23.4 Å². The molecule has 41 heavy (non-hydrogen) atoms. The van der Waals surface area contributed by atoms with Gasteiger partial charge in [0.25, 0.3) is 0 Å². The average molecular weight is 592 g/mol. The Balaban J connectivity index is 1.59. The second-order valence-corrected chi connectivity index (χ2v) is 13.2. The van der Waals surface area contributed by atoms with Crippen LogP contribution in [0.3, 0.4) is 0 Å². The first kappa shape index (κ1) is 27.7. The highest BCUT2D eigenvalue weighted by Gasteiger charge is 2.82. The zero-order chi connectivity index (χ0) is 29.5. The smallest absolute Gasteiger partial charge is 0.242 e. The lowest BCUT2D eigenvalue weighted by Gasteiger charge is -2.38. The van der Waals surface area contributed by atoms with E-state index in [2.05, 4.69) is 42.8 Å². The Kier molecular flexibility index (Phi) is 6.28. The molecule has 2 heterocycles. The van der Waals surface area contributed by atoms with Crippen molar-refractivity contribution in [3.8, 4) is 6.07 Å². The molecule has 1 saturated heterocycles. The quantitative estimate of drug-likeness (QED) is 0.316. The lowest BCUT2D eigenvalue weighted by molar-refractivity contribution is -0.122.